The molecule has 0 saturated carbocycles. The van der Waals surface area contributed by atoms with Crippen LogP contribution >= 0.6 is 0 Å². The maximum absolute atomic E-state index is 3.86. The zero-order valence-corrected chi connectivity index (χ0v) is 22.5. The molecule has 1 heteroatoms. The summed E-state index contributed by atoms with van der Waals surface area (Å²) in [5.41, 5.74) is 8.41. The predicted molar refractivity (Wildman–Crippen MR) is 160 cm³/mol. The van der Waals surface area contributed by atoms with Gasteiger partial charge in [0.1, 0.15) is 0 Å². The van der Waals surface area contributed by atoms with Gasteiger partial charge < -0.3 is 5.32 Å². The van der Waals surface area contributed by atoms with E-state index in [-0.39, 0.29) is 11.0 Å². The molecule has 0 spiro atoms. The quantitative estimate of drug-likeness (QED) is 0.241. The first kappa shape index (κ1) is 24.2. The van der Waals surface area contributed by atoms with Gasteiger partial charge >= 0.3 is 0 Å². The lowest BCUT2D eigenvalue weighted by Gasteiger charge is -2.47. The standard InChI is InChI=1S/C37H35N/c1-35(2)27-36(3,28-16-8-4-9-17-28)33-26-32(24-25-34(33)38-35)37(29-18-10-5-11-19-29,30-20-12-6-13-21-30)31-22-14-7-15-23-31/h4-26,38H,27H2,1-3H3. The Labute approximate surface area is 227 Å². The van der Waals surface area contributed by atoms with E-state index in [1.54, 1.807) is 0 Å². The van der Waals surface area contributed by atoms with Crippen molar-refractivity contribution in [1.29, 1.82) is 0 Å². The third kappa shape index (κ3) is 3.94. The van der Waals surface area contributed by atoms with Gasteiger partial charge in [-0.05, 0) is 59.7 Å². The first-order valence-electron chi connectivity index (χ1n) is 13.6. The van der Waals surface area contributed by atoms with E-state index in [2.05, 4.69) is 166 Å². The van der Waals surface area contributed by atoms with Crippen molar-refractivity contribution in [2.75, 3.05) is 5.32 Å². The van der Waals surface area contributed by atoms with E-state index in [0.29, 0.717) is 0 Å². The highest BCUT2D eigenvalue weighted by atomic mass is 15.0. The van der Waals surface area contributed by atoms with E-state index in [1.807, 2.05) is 0 Å². The fourth-order valence-electron chi connectivity index (χ4n) is 6.86. The Morgan fingerprint density at radius 3 is 1.45 bits per heavy atom. The summed E-state index contributed by atoms with van der Waals surface area (Å²) in [6, 6.07) is 51.1. The van der Waals surface area contributed by atoms with Gasteiger partial charge in [0.15, 0.2) is 0 Å². The van der Waals surface area contributed by atoms with Crippen molar-refractivity contribution in [3.8, 4) is 0 Å². The second-order valence-corrected chi connectivity index (χ2v) is 11.5. The fourth-order valence-corrected chi connectivity index (χ4v) is 6.86. The van der Waals surface area contributed by atoms with Crippen LogP contribution in [0.4, 0.5) is 5.69 Å². The molecule has 0 saturated heterocycles. The maximum atomic E-state index is 3.86. The van der Waals surface area contributed by atoms with Gasteiger partial charge in [-0.3, -0.25) is 0 Å². The number of anilines is 1. The van der Waals surface area contributed by atoms with E-state index in [4.69, 9.17) is 0 Å². The lowest BCUT2D eigenvalue weighted by Crippen LogP contribution is -2.45. The first-order valence-corrected chi connectivity index (χ1v) is 13.6. The molecule has 0 bridgehead atoms. The van der Waals surface area contributed by atoms with Crippen LogP contribution < -0.4 is 5.32 Å². The minimum Gasteiger partial charge on any atom is -0.380 e. The molecule has 1 aliphatic rings. The minimum absolute atomic E-state index is 0.0194. The average Bonchev–Trinajstić information content (AvgIpc) is 2.95. The third-order valence-electron chi connectivity index (χ3n) is 8.35. The molecular formula is C37H35N. The molecule has 0 radical (unpaired) electrons. The Morgan fingerprint density at radius 1 is 0.526 bits per heavy atom. The van der Waals surface area contributed by atoms with Crippen molar-refractivity contribution in [3.63, 3.8) is 0 Å². The van der Waals surface area contributed by atoms with E-state index in [1.165, 1.54) is 39.1 Å². The number of benzene rings is 5. The Balaban J connectivity index is 1.69. The van der Waals surface area contributed by atoms with Gasteiger partial charge in [0.2, 0.25) is 0 Å². The van der Waals surface area contributed by atoms with Gasteiger partial charge in [0.25, 0.3) is 0 Å². The summed E-state index contributed by atoms with van der Waals surface area (Å²) >= 11 is 0. The molecule has 0 aromatic heterocycles. The Kier molecular flexibility index (Phi) is 5.95. The zero-order chi connectivity index (χ0) is 26.2. The molecule has 1 nitrogen and oxygen atoms in total. The molecule has 1 heterocycles. The molecule has 1 atom stereocenters. The Hall–Kier alpha value is -4.10. The van der Waals surface area contributed by atoms with Crippen LogP contribution in [0, 0.1) is 0 Å². The second-order valence-electron chi connectivity index (χ2n) is 11.5. The van der Waals surface area contributed by atoms with E-state index in [9.17, 15) is 0 Å². The van der Waals surface area contributed by atoms with Gasteiger partial charge in [-0.2, -0.15) is 0 Å². The smallest absolute Gasteiger partial charge is 0.0701 e. The molecule has 5 aromatic rings. The van der Waals surface area contributed by atoms with Crippen molar-refractivity contribution < 1.29 is 0 Å². The van der Waals surface area contributed by atoms with Crippen molar-refractivity contribution in [2.24, 2.45) is 0 Å². The molecule has 6 rings (SSSR count). The van der Waals surface area contributed by atoms with Gasteiger partial charge in [0, 0.05) is 16.6 Å². The highest BCUT2D eigenvalue weighted by molar-refractivity contribution is 5.68. The van der Waals surface area contributed by atoms with E-state index >= 15 is 0 Å². The summed E-state index contributed by atoms with van der Waals surface area (Å²) in [6.45, 7) is 7.04. The van der Waals surface area contributed by atoms with Crippen molar-refractivity contribution in [1.82, 2.24) is 0 Å². The first-order chi connectivity index (χ1) is 18.4. The molecule has 188 valence electrons. The van der Waals surface area contributed by atoms with Crippen molar-refractivity contribution >= 4 is 5.69 Å². The summed E-state index contributed by atoms with van der Waals surface area (Å²) in [5, 5.41) is 3.86. The zero-order valence-electron chi connectivity index (χ0n) is 22.5. The van der Waals surface area contributed by atoms with Crippen LogP contribution in [0.25, 0.3) is 0 Å². The topological polar surface area (TPSA) is 12.0 Å². The van der Waals surface area contributed by atoms with Gasteiger partial charge in [-0.1, -0.05) is 140 Å². The summed E-state index contributed by atoms with van der Waals surface area (Å²) in [4.78, 5) is 0. The largest absolute Gasteiger partial charge is 0.380 e. The number of nitrogens with one attached hydrogen (secondary N) is 1. The van der Waals surface area contributed by atoms with Crippen molar-refractivity contribution in [3.05, 3.63) is 173 Å². The Morgan fingerprint density at radius 2 is 0.974 bits per heavy atom. The molecule has 1 N–H and O–H groups in total. The molecule has 1 unspecified atom stereocenters. The maximum Gasteiger partial charge on any atom is 0.0701 e. The van der Waals surface area contributed by atoms with E-state index in [0.717, 1.165) is 6.42 Å². The molecular weight excluding hydrogens is 458 g/mol. The summed E-state index contributed by atoms with van der Waals surface area (Å²) < 4.78 is 0. The van der Waals surface area contributed by atoms with Crippen LogP contribution in [0.2, 0.25) is 0 Å². The van der Waals surface area contributed by atoms with Gasteiger partial charge in [-0.15, -0.1) is 0 Å². The molecule has 0 amide bonds. The summed E-state index contributed by atoms with van der Waals surface area (Å²) in [5.74, 6) is 0. The highest BCUT2D eigenvalue weighted by Gasteiger charge is 2.44. The van der Waals surface area contributed by atoms with Crippen LogP contribution in [-0.4, -0.2) is 5.54 Å². The third-order valence-corrected chi connectivity index (χ3v) is 8.35. The van der Waals surface area contributed by atoms with E-state index < -0.39 is 5.41 Å². The number of hydrogen-bond donors (Lipinski definition) is 1. The van der Waals surface area contributed by atoms with Crippen LogP contribution in [0.3, 0.4) is 0 Å². The molecule has 0 fully saturated rings. The summed E-state index contributed by atoms with van der Waals surface area (Å²) in [7, 11) is 0. The highest BCUT2D eigenvalue weighted by Crippen LogP contribution is 2.51. The van der Waals surface area contributed by atoms with Crippen LogP contribution in [-0.2, 0) is 10.8 Å². The molecule has 5 aromatic carbocycles. The normalized spacial score (nSPS) is 18.3. The SMILES string of the molecule is CC1(C)CC(C)(c2ccccc2)c2cc(C(c3ccccc3)(c3ccccc3)c3ccccc3)ccc2N1. The van der Waals surface area contributed by atoms with Crippen LogP contribution in [0.1, 0.15) is 60.6 Å². The predicted octanol–water partition coefficient (Wildman–Crippen LogP) is 8.97. The second kappa shape index (κ2) is 9.33. The number of rotatable bonds is 5. The number of hydrogen-bond acceptors (Lipinski definition) is 1. The lowest BCUT2D eigenvalue weighted by atomic mass is 9.62. The molecule has 1 aliphatic heterocycles. The van der Waals surface area contributed by atoms with Gasteiger partial charge in [0.05, 0.1) is 5.41 Å². The molecule has 38 heavy (non-hydrogen) atoms. The van der Waals surface area contributed by atoms with Crippen LogP contribution in [0.5, 0.6) is 0 Å². The molecule has 0 aliphatic carbocycles. The fraction of sp³-hybridized carbons (Fsp3) is 0.189. The average molecular weight is 494 g/mol. The lowest BCUT2D eigenvalue weighted by molar-refractivity contribution is 0.378. The van der Waals surface area contributed by atoms with Crippen LogP contribution in [0.15, 0.2) is 140 Å². The Bertz CT molecular complexity index is 1430. The van der Waals surface area contributed by atoms with Gasteiger partial charge in [-0.25, -0.2) is 0 Å². The number of fused-ring (bicyclic) bond motifs is 1. The minimum atomic E-state index is -0.455. The van der Waals surface area contributed by atoms with Crippen molar-refractivity contribution in [2.45, 2.75) is 43.6 Å². The monoisotopic (exact) mass is 493 g/mol. The summed E-state index contributed by atoms with van der Waals surface area (Å²) in [6.07, 6.45) is 1.01.